The zero-order valence-electron chi connectivity index (χ0n) is 11.3. The molecule has 0 amide bonds. The number of aromatic nitrogens is 3. The minimum Gasteiger partial charge on any atom is -0.471 e. The van der Waals surface area contributed by atoms with E-state index in [0.29, 0.717) is 23.2 Å². The number of nitrogens with two attached hydrogens (primary N) is 1. The predicted molar refractivity (Wildman–Crippen MR) is 78.8 cm³/mol. The molecule has 0 fully saturated rings. The van der Waals surface area contributed by atoms with Crippen LogP contribution in [0.3, 0.4) is 0 Å². The van der Waals surface area contributed by atoms with Crippen LogP contribution < -0.4 is 16.0 Å². The SMILES string of the molecule is NCc1ccc(OCn2nnc3ccccc3c2=O)cc1. The normalized spacial score (nSPS) is 10.7. The molecule has 6 nitrogen and oxygen atoms in total. The molecule has 0 spiro atoms. The summed E-state index contributed by atoms with van der Waals surface area (Å²) in [6.07, 6.45) is 0. The highest BCUT2D eigenvalue weighted by atomic mass is 16.5. The van der Waals surface area contributed by atoms with Gasteiger partial charge in [-0.15, -0.1) is 5.10 Å². The van der Waals surface area contributed by atoms with Crippen LogP contribution in [-0.4, -0.2) is 15.0 Å². The van der Waals surface area contributed by atoms with Crippen LogP contribution in [0.1, 0.15) is 5.56 Å². The summed E-state index contributed by atoms with van der Waals surface area (Å²) in [6, 6.07) is 14.5. The van der Waals surface area contributed by atoms with Gasteiger partial charge in [-0.2, -0.15) is 4.68 Å². The second kappa shape index (κ2) is 5.72. The molecule has 0 unspecified atom stereocenters. The molecule has 106 valence electrons. The Morgan fingerprint density at radius 3 is 2.62 bits per heavy atom. The lowest BCUT2D eigenvalue weighted by atomic mass is 10.2. The van der Waals surface area contributed by atoms with E-state index < -0.39 is 0 Å². The summed E-state index contributed by atoms with van der Waals surface area (Å²) in [5.74, 6) is 0.647. The second-order valence-corrected chi connectivity index (χ2v) is 4.53. The van der Waals surface area contributed by atoms with Crippen molar-refractivity contribution in [3.63, 3.8) is 0 Å². The Hall–Kier alpha value is -2.73. The van der Waals surface area contributed by atoms with Crippen LogP contribution in [0.5, 0.6) is 5.75 Å². The summed E-state index contributed by atoms with van der Waals surface area (Å²) in [6.45, 7) is 0.495. The Bertz CT molecular complexity index is 812. The van der Waals surface area contributed by atoms with E-state index in [4.69, 9.17) is 10.5 Å². The summed E-state index contributed by atoms with van der Waals surface area (Å²) in [4.78, 5) is 12.2. The Morgan fingerprint density at radius 2 is 1.86 bits per heavy atom. The molecule has 0 aliphatic rings. The van der Waals surface area contributed by atoms with E-state index in [0.717, 1.165) is 5.56 Å². The molecule has 2 N–H and O–H groups in total. The first kappa shape index (κ1) is 13.3. The van der Waals surface area contributed by atoms with E-state index >= 15 is 0 Å². The number of hydrogen-bond acceptors (Lipinski definition) is 5. The molecular weight excluding hydrogens is 268 g/mol. The summed E-state index contributed by atoms with van der Waals surface area (Å²) >= 11 is 0. The van der Waals surface area contributed by atoms with Gasteiger partial charge in [-0.25, -0.2) is 0 Å². The molecule has 0 aliphatic heterocycles. The van der Waals surface area contributed by atoms with Crippen molar-refractivity contribution in [1.82, 2.24) is 15.0 Å². The zero-order chi connectivity index (χ0) is 14.7. The number of fused-ring (bicyclic) bond motifs is 1. The van der Waals surface area contributed by atoms with E-state index in [1.807, 2.05) is 30.3 Å². The topological polar surface area (TPSA) is 83.0 Å². The molecule has 1 heterocycles. The van der Waals surface area contributed by atoms with Crippen molar-refractivity contribution in [2.24, 2.45) is 5.73 Å². The largest absolute Gasteiger partial charge is 0.471 e. The average molecular weight is 282 g/mol. The van der Waals surface area contributed by atoms with Crippen LogP contribution in [0.15, 0.2) is 53.3 Å². The van der Waals surface area contributed by atoms with Crippen molar-refractivity contribution in [1.29, 1.82) is 0 Å². The molecule has 0 radical (unpaired) electrons. The van der Waals surface area contributed by atoms with Gasteiger partial charge in [0.1, 0.15) is 11.3 Å². The number of ether oxygens (including phenoxy) is 1. The lowest BCUT2D eigenvalue weighted by Crippen LogP contribution is -2.26. The van der Waals surface area contributed by atoms with Crippen LogP contribution in [-0.2, 0) is 13.3 Å². The van der Waals surface area contributed by atoms with Gasteiger partial charge in [-0.05, 0) is 29.8 Å². The molecule has 21 heavy (non-hydrogen) atoms. The van der Waals surface area contributed by atoms with Gasteiger partial charge in [-0.1, -0.05) is 29.5 Å². The van der Waals surface area contributed by atoms with Gasteiger partial charge in [0.15, 0.2) is 6.73 Å². The highest BCUT2D eigenvalue weighted by molar-refractivity contribution is 5.76. The Balaban J connectivity index is 1.81. The van der Waals surface area contributed by atoms with Crippen molar-refractivity contribution in [2.45, 2.75) is 13.3 Å². The number of nitrogens with zero attached hydrogens (tertiary/aromatic N) is 3. The van der Waals surface area contributed by atoms with Crippen LogP contribution in [0.2, 0.25) is 0 Å². The van der Waals surface area contributed by atoms with E-state index in [2.05, 4.69) is 10.3 Å². The monoisotopic (exact) mass is 282 g/mol. The minimum atomic E-state index is -0.223. The fourth-order valence-corrected chi connectivity index (χ4v) is 1.97. The summed E-state index contributed by atoms with van der Waals surface area (Å²) in [5, 5.41) is 8.39. The first-order chi connectivity index (χ1) is 10.3. The summed E-state index contributed by atoms with van der Waals surface area (Å²) in [5.41, 5.74) is 6.90. The van der Waals surface area contributed by atoms with E-state index in [1.54, 1.807) is 18.2 Å². The van der Waals surface area contributed by atoms with Crippen LogP contribution in [0.25, 0.3) is 10.9 Å². The second-order valence-electron chi connectivity index (χ2n) is 4.53. The van der Waals surface area contributed by atoms with Crippen LogP contribution in [0, 0.1) is 0 Å². The maximum absolute atomic E-state index is 12.2. The zero-order valence-corrected chi connectivity index (χ0v) is 11.3. The first-order valence-electron chi connectivity index (χ1n) is 6.52. The number of hydrogen-bond donors (Lipinski definition) is 1. The molecule has 3 rings (SSSR count). The van der Waals surface area contributed by atoms with Gasteiger partial charge in [0.2, 0.25) is 0 Å². The lowest BCUT2D eigenvalue weighted by molar-refractivity contribution is 0.210. The number of rotatable bonds is 4. The van der Waals surface area contributed by atoms with Crippen molar-refractivity contribution < 1.29 is 4.74 Å². The molecule has 6 heteroatoms. The molecule has 0 aliphatic carbocycles. The average Bonchev–Trinajstić information content (AvgIpc) is 2.55. The van der Waals surface area contributed by atoms with Gasteiger partial charge < -0.3 is 10.5 Å². The summed E-state index contributed by atoms with van der Waals surface area (Å²) in [7, 11) is 0. The third kappa shape index (κ3) is 2.75. The van der Waals surface area contributed by atoms with Gasteiger partial charge >= 0.3 is 0 Å². The fourth-order valence-electron chi connectivity index (χ4n) is 1.97. The summed E-state index contributed by atoms with van der Waals surface area (Å²) < 4.78 is 6.73. The Kier molecular flexibility index (Phi) is 3.61. The molecular formula is C15H14N4O2. The standard InChI is InChI=1S/C15H14N4O2/c16-9-11-5-7-12(8-6-11)21-10-19-15(20)13-3-1-2-4-14(13)17-18-19/h1-8H,9-10,16H2. The maximum atomic E-state index is 12.2. The number of benzene rings is 2. The van der Waals surface area contributed by atoms with Gasteiger partial charge in [-0.3, -0.25) is 4.79 Å². The third-order valence-corrected chi connectivity index (χ3v) is 3.14. The lowest BCUT2D eigenvalue weighted by Gasteiger charge is -2.08. The quantitative estimate of drug-likeness (QED) is 0.779. The molecule has 0 atom stereocenters. The first-order valence-corrected chi connectivity index (χ1v) is 6.52. The fraction of sp³-hybridized carbons (Fsp3) is 0.133. The molecule has 2 aromatic carbocycles. The van der Waals surface area contributed by atoms with Gasteiger partial charge in [0, 0.05) is 6.54 Å². The predicted octanol–water partition coefficient (Wildman–Crippen LogP) is 1.29. The van der Waals surface area contributed by atoms with Gasteiger partial charge in [0.05, 0.1) is 5.39 Å². The van der Waals surface area contributed by atoms with E-state index in [1.165, 1.54) is 4.68 Å². The van der Waals surface area contributed by atoms with Gasteiger partial charge in [0.25, 0.3) is 5.56 Å². The molecule has 0 saturated carbocycles. The highest BCUT2D eigenvalue weighted by Gasteiger charge is 2.05. The minimum absolute atomic E-state index is 0.0125. The Morgan fingerprint density at radius 1 is 1.10 bits per heavy atom. The van der Waals surface area contributed by atoms with Crippen LogP contribution in [0.4, 0.5) is 0 Å². The maximum Gasteiger partial charge on any atom is 0.280 e. The van der Waals surface area contributed by atoms with Crippen molar-refractivity contribution >= 4 is 10.9 Å². The Labute approximate surface area is 120 Å². The van der Waals surface area contributed by atoms with Crippen molar-refractivity contribution in [3.8, 4) is 5.75 Å². The van der Waals surface area contributed by atoms with Crippen molar-refractivity contribution in [3.05, 3.63) is 64.4 Å². The molecule has 3 aromatic rings. The van der Waals surface area contributed by atoms with E-state index in [-0.39, 0.29) is 12.3 Å². The van der Waals surface area contributed by atoms with Crippen molar-refractivity contribution in [2.75, 3.05) is 0 Å². The highest BCUT2D eigenvalue weighted by Crippen LogP contribution is 2.12. The molecule has 0 bridgehead atoms. The van der Waals surface area contributed by atoms with E-state index in [9.17, 15) is 4.79 Å². The molecule has 0 saturated heterocycles. The smallest absolute Gasteiger partial charge is 0.280 e. The molecule has 1 aromatic heterocycles. The third-order valence-electron chi connectivity index (χ3n) is 3.14. The van der Waals surface area contributed by atoms with Crippen LogP contribution >= 0.6 is 0 Å².